The van der Waals surface area contributed by atoms with Crippen LogP contribution in [0.3, 0.4) is 0 Å². The van der Waals surface area contributed by atoms with Crippen LogP contribution in [0.2, 0.25) is 19.6 Å². The summed E-state index contributed by atoms with van der Waals surface area (Å²) in [6.07, 6.45) is 3.73. The number of nitrogens with one attached hydrogen (secondary N) is 1. The van der Waals surface area contributed by atoms with Gasteiger partial charge in [-0.15, -0.1) is 0 Å². The Morgan fingerprint density at radius 2 is 1.86 bits per heavy atom. The van der Waals surface area contributed by atoms with E-state index in [1.165, 1.54) is 5.56 Å². The summed E-state index contributed by atoms with van der Waals surface area (Å²) in [5.74, 6) is 0. The number of benzene rings is 1. The Kier molecular flexibility index (Phi) is 5.21. The van der Waals surface area contributed by atoms with E-state index in [1.807, 2.05) is 6.07 Å². The van der Waals surface area contributed by atoms with Crippen LogP contribution in [0, 0.1) is 11.3 Å². The molecule has 1 aromatic carbocycles. The van der Waals surface area contributed by atoms with Crippen molar-refractivity contribution >= 4 is 8.32 Å². The topological polar surface area (TPSA) is 45.0 Å². The summed E-state index contributed by atoms with van der Waals surface area (Å²) in [4.78, 5) is 0. The first kappa shape index (κ1) is 16.2. The average Bonchev–Trinajstić information content (AvgIpc) is 2.46. The molecule has 0 saturated heterocycles. The summed E-state index contributed by atoms with van der Waals surface area (Å²) < 4.78 is 6.18. The van der Waals surface area contributed by atoms with E-state index >= 15 is 0 Å². The molecule has 2 rings (SSSR count). The molecule has 0 radical (unpaired) electrons. The first-order chi connectivity index (χ1) is 9.92. The average molecular weight is 302 g/mol. The number of hydrogen-bond donors (Lipinski definition) is 1. The van der Waals surface area contributed by atoms with Crippen molar-refractivity contribution < 1.29 is 4.43 Å². The minimum atomic E-state index is -1.67. The second-order valence-corrected chi connectivity index (χ2v) is 11.4. The minimum absolute atomic E-state index is 0.497. The van der Waals surface area contributed by atoms with E-state index in [0.717, 1.165) is 32.2 Å². The smallest absolute Gasteiger partial charge is 0.185 e. The van der Waals surface area contributed by atoms with Gasteiger partial charge in [0.25, 0.3) is 0 Å². The molecule has 1 saturated carbocycles. The highest BCUT2D eigenvalue weighted by atomic mass is 28.4. The van der Waals surface area contributed by atoms with Gasteiger partial charge in [-0.1, -0.05) is 30.3 Å². The van der Waals surface area contributed by atoms with Gasteiger partial charge in [-0.2, -0.15) is 5.26 Å². The van der Waals surface area contributed by atoms with E-state index in [1.54, 1.807) is 0 Å². The van der Waals surface area contributed by atoms with Gasteiger partial charge in [0, 0.05) is 12.6 Å². The van der Waals surface area contributed by atoms with Crippen molar-refractivity contribution in [2.45, 2.75) is 63.5 Å². The molecule has 0 aliphatic heterocycles. The highest BCUT2D eigenvalue weighted by molar-refractivity contribution is 6.69. The number of nitriles is 1. The monoisotopic (exact) mass is 302 g/mol. The van der Waals surface area contributed by atoms with Crippen LogP contribution >= 0.6 is 0 Å². The largest absolute Gasteiger partial charge is 0.400 e. The Morgan fingerprint density at radius 1 is 1.24 bits per heavy atom. The molecular formula is C17H26N2OSi. The van der Waals surface area contributed by atoms with Crippen molar-refractivity contribution in [3.8, 4) is 6.07 Å². The van der Waals surface area contributed by atoms with Crippen LogP contribution in [0.25, 0.3) is 0 Å². The Morgan fingerprint density at radius 3 is 2.38 bits per heavy atom. The van der Waals surface area contributed by atoms with Crippen LogP contribution in [0.4, 0.5) is 0 Å². The van der Waals surface area contributed by atoms with E-state index in [2.05, 4.69) is 55.3 Å². The van der Waals surface area contributed by atoms with Crippen LogP contribution in [0.1, 0.15) is 31.2 Å². The van der Waals surface area contributed by atoms with Gasteiger partial charge in [0.05, 0.1) is 6.07 Å². The maximum absolute atomic E-state index is 9.53. The second-order valence-electron chi connectivity index (χ2n) is 6.96. The summed E-state index contributed by atoms with van der Waals surface area (Å²) in [6.45, 7) is 7.38. The Balaban J connectivity index is 1.84. The van der Waals surface area contributed by atoms with Gasteiger partial charge in [0.1, 0.15) is 5.60 Å². The van der Waals surface area contributed by atoms with E-state index < -0.39 is 13.9 Å². The van der Waals surface area contributed by atoms with Gasteiger partial charge in [-0.3, -0.25) is 0 Å². The Hall–Kier alpha value is -1.15. The zero-order valence-electron chi connectivity index (χ0n) is 13.4. The lowest BCUT2D eigenvalue weighted by atomic mass is 9.83. The summed E-state index contributed by atoms with van der Waals surface area (Å²) in [7, 11) is -1.67. The fraction of sp³-hybridized carbons (Fsp3) is 0.588. The van der Waals surface area contributed by atoms with Gasteiger partial charge >= 0.3 is 0 Å². The van der Waals surface area contributed by atoms with Gasteiger partial charge in [0.2, 0.25) is 0 Å². The normalized spacial score (nSPS) is 26.3. The van der Waals surface area contributed by atoms with Crippen LogP contribution in [0.15, 0.2) is 30.3 Å². The predicted octanol–water partition coefficient (Wildman–Crippen LogP) is 3.83. The second kappa shape index (κ2) is 6.74. The van der Waals surface area contributed by atoms with E-state index in [9.17, 15) is 5.26 Å². The summed E-state index contributed by atoms with van der Waals surface area (Å²) >= 11 is 0. The third-order valence-corrected chi connectivity index (χ3v) is 4.94. The molecule has 1 aliphatic rings. The molecule has 0 unspecified atom stereocenters. The molecule has 0 bridgehead atoms. The minimum Gasteiger partial charge on any atom is -0.400 e. The molecule has 1 aliphatic carbocycles. The molecule has 0 atom stereocenters. The van der Waals surface area contributed by atoms with Crippen molar-refractivity contribution in [1.29, 1.82) is 5.26 Å². The molecule has 0 aromatic heterocycles. The van der Waals surface area contributed by atoms with Gasteiger partial charge < -0.3 is 9.74 Å². The fourth-order valence-corrected chi connectivity index (χ4v) is 4.39. The molecule has 0 heterocycles. The SMILES string of the molecule is C[Si](C)(C)OC1(C#N)CCC(NCc2ccccc2)CC1. The summed E-state index contributed by atoms with van der Waals surface area (Å²) in [5.41, 5.74) is 0.781. The Bertz CT molecular complexity index is 482. The first-order valence-corrected chi connectivity index (χ1v) is 11.2. The quantitative estimate of drug-likeness (QED) is 0.841. The van der Waals surface area contributed by atoms with Crippen molar-refractivity contribution in [3.05, 3.63) is 35.9 Å². The summed E-state index contributed by atoms with van der Waals surface area (Å²) in [6, 6.07) is 13.4. The van der Waals surface area contributed by atoms with Gasteiger partial charge in [-0.05, 0) is 50.9 Å². The third-order valence-electron chi connectivity index (χ3n) is 3.94. The molecule has 1 N–H and O–H groups in total. The zero-order valence-corrected chi connectivity index (χ0v) is 14.4. The molecule has 1 fully saturated rings. The lowest BCUT2D eigenvalue weighted by Gasteiger charge is -2.39. The summed E-state index contributed by atoms with van der Waals surface area (Å²) in [5, 5.41) is 13.1. The molecule has 0 spiro atoms. The third kappa shape index (κ3) is 4.96. The van der Waals surface area contributed by atoms with Gasteiger partial charge in [0.15, 0.2) is 8.32 Å². The van der Waals surface area contributed by atoms with Crippen molar-refractivity contribution in [2.24, 2.45) is 0 Å². The molecular weight excluding hydrogens is 276 g/mol. The molecule has 4 heteroatoms. The first-order valence-electron chi connectivity index (χ1n) is 7.81. The number of nitrogens with zero attached hydrogens (tertiary/aromatic N) is 1. The Labute approximate surface area is 129 Å². The number of rotatable bonds is 5. The van der Waals surface area contributed by atoms with E-state index in [-0.39, 0.29) is 0 Å². The maximum Gasteiger partial charge on any atom is 0.185 e. The molecule has 1 aromatic rings. The van der Waals surface area contributed by atoms with Crippen LogP contribution < -0.4 is 5.32 Å². The van der Waals surface area contributed by atoms with Crippen LogP contribution in [-0.2, 0) is 11.0 Å². The molecule has 114 valence electrons. The highest BCUT2D eigenvalue weighted by Crippen LogP contribution is 2.34. The molecule has 0 amide bonds. The van der Waals surface area contributed by atoms with Crippen molar-refractivity contribution in [2.75, 3.05) is 0 Å². The zero-order chi connectivity index (χ0) is 15.3. The van der Waals surface area contributed by atoms with Crippen LogP contribution in [0.5, 0.6) is 0 Å². The molecule has 21 heavy (non-hydrogen) atoms. The van der Waals surface area contributed by atoms with Crippen LogP contribution in [-0.4, -0.2) is 20.0 Å². The highest BCUT2D eigenvalue weighted by Gasteiger charge is 2.39. The van der Waals surface area contributed by atoms with Crippen molar-refractivity contribution in [1.82, 2.24) is 5.32 Å². The maximum atomic E-state index is 9.53. The predicted molar refractivity (Wildman–Crippen MR) is 88.3 cm³/mol. The van der Waals surface area contributed by atoms with E-state index in [4.69, 9.17) is 4.43 Å². The molecule has 3 nitrogen and oxygen atoms in total. The van der Waals surface area contributed by atoms with Crippen molar-refractivity contribution in [3.63, 3.8) is 0 Å². The standard InChI is InChI=1S/C17H26N2OSi/c1-21(2,3)20-17(14-18)11-9-16(10-12-17)19-13-15-7-5-4-6-8-15/h4-8,16,19H,9-13H2,1-3H3. The van der Waals surface area contributed by atoms with E-state index in [0.29, 0.717) is 6.04 Å². The lowest BCUT2D eigenvalue weighted by molar-refractivity contribution is 0.0664. The van der Waals surface area contributed by atoms with Gasteiger partial charge in [-0.25, -0.2) is 0 Å². The lowest BCUT2D eigenvalue weighted by Crippen LogP contribution is -2.47. The number of hydrogen-bond acceptors (Lipinski definition) is 3. The fourth-order valence-electron chi connectivity index (χ4n) is 2.97.